The molecule has 1 aromatic heterocycles. The van der Waals surface area contributed by atoms with Crippen LogP contribution in [0.3, 0.4) is 0 Å². The van der Waals surface area contributed by atoms with E-state index in [1.54, 1.807) is 11.9 Å². The van der Waals surface area contributed by atoms with Gasteiger partial charge in [0, 0.05) is 32.8 Å². The second-order valence-corrected chi connectivity index (χ2v) is 8.65. The average Bonchev–Trinajstić information content (AvgIpc) is 3.28. The molecular weight excluding hydrogens is 380 g/mol. The minimum Gasteiger partial charge on any atom is -0.345 e. The summed E-state index contributed by atoms with van der Waals surface area (Å²) in [5.74, 6) is -0.322. The van der Waals surface area contributed by atoms with Crippen LogP contribution >= 0.6 is 0 Å². The molecule has 150 valence electrons. The van der Waals surface area contributed by atoms with Gasteiger partial charge in [0.25, 0.3) is 5.91 Å². The third-order valence-electron chi connectivity index (χ3n) is 4.87. The monoisotopic (exact) mass is 404 g/mol. The summed E-state index contributed by atoms with van der Waals surface area (Å²) in [4.78, 5) is 26.7. The van der Waals surface area contributed by atoms with Crippen LogP contribution in [-0.4, -0.2) is 49.8 Å². The molecule has 0 spiro atoms. The van der Waals surface area contributed by atoms with E-state index in [-0.39, 0.29) is 16.5 Å². The van der Waals surface area contributed by atoms with Crippen molar-refractivity contribution in [3.05, 3.63) is 53.9 Å². The molecule has 1 fully saturated rings. The van der Waals surface area contributed by atoms with Gasteiger partial charge >= 0.3 is 0 Å². The minimum absolute atomic E-state index is 0.0219. The topological polar surface area (TPSA) is 101 Å². The Morgan fingerprint density at radius 2 is 1.96 bits per heavy atom. The number of nitrogens with zero attached hydrogens (tertiary/aromatic N) is 2. The summed E-state index contributed by atoms with van der Waals surface area (Å²) in [7, 11) is -0.707. The first-order valence-electron chi connectivity index (χ1n) is 9.05. The predicted octanol–water partition coefficient (Wildman–Crippen LogP) is 1.03. The van der Waals surface area contributed by atoms with E-state index < -0.39 is 22.0 Å². The molecule has 2 amide bonds. The van der Waals surface area contributed by atoms with Gasteiger partial charge in [-0.15, -0.1) is 0 Å². The molecule has 9 heteroatoms. The van der Waals surface area contributed by atoms with Crippen molar-refractivity contribution in [3.63, 3.8) is 0 Å². The van der Waals surface area contributed by atoms with Crippen LogP contribution in [0, 0.1) is 0 Å². The standard InChI is InChI=1S/C19H24N4O4S/c1-20-28(26,27)15-11-17(22(2)12-15)19(25)21-16(14-7-4-3-5-8-14)13-23-10-6-9-18(23)24/h3-5,7-8,11-12,16,20H,6,9-10,13H2,1-2H3,(H,21,25). The quantitative estimate of drug-likeness (QED) is 0.720. The van der Waals surface area contributed by atoms with Crippen LogP contribution in [0.25, 0.3) is 0 Å². The summed E-state index contributed by atoms with van der Waals surface area (Å²) in [6.07, 6.45) is 2.73. The van der Waals surface area contributed by atoms with Crippen molar-refractivity contribution >= 4 is 21.8 Å². The van der Waals surface area contributed by atoms with Gasteiger partial charge in [0.05, 0.1) is 6.04 Å². The number of hydrogen-bond donors (Lipinski definition) is 2. The van der Waals surface area contributed by atoms with Gasteiger partial charge in [-0.2, -0.15) is 0 Å². The van der Waals surface area contributed by atoms with E-state index in [1.807, 2.05) is 30.3 Å². The lowest BCUT2D eigenvalue weighted by molar-refractivity contribution is -0.128. The van der Waals surface area contributed by atoms with Crippen molar-refractivity contribution in [1.29, 1.82) is 0 Å². The Bertz CT molecular complexity index is 969. The molecule has 1 saturated heterocycles. The van der Waals surface area contributed by atoms with Crippen molar-refractivity contribution in [2.24, 2.45) is 7.05 Å². The molecule has 28 heavy (non-hydrogen) atoms. The Hall–Kier alpha value is -2.65. The number of rotatable bonds is 7. The predicted molar refractivity (Wildman–Crippen MR) is 104 cm³/mol. The third kappa shape index (κ3) is 4.26. The molecule has 0 radical (unpaired) electrons. The molecule has 0 aliphatic carbocycles. The van der Waals surface area contributed by atoms with Crippen molar-refractivity contribution in [1.82, 2.24) is 19.5 Å². The summed E-state index contributed by atoms with van der Waals surface area (Å²) < 4.78 is 27.7. The van der Waals surface area contributed by atoms with E-state index in [1.165, 1.54) is 23.9 Å². The van der Waals surface area contributed by atoms with Crippen LogP contribution in [0.5, 0.6) is 0 Å². The Morgan fingerprint density at radius 1 is 1.25 bits per heavy atom. The van der Waals surface area contributed by atoms with Crippen molar-refractivity contribution in [2.45, 2.75) is 23.8 Å². The maximum atomic E-state index is 12.9. The first-order chi connectivity index (χ1) is 13.3. The second-order valence-electron chi connectivity index (χ2n) is 6.76. The highest BCUT2D eigenvalue weighted by Crippen LogP contribution is 2.20. The van der Waals surface area contributed by atoms with Crippen LogP contribution < -0.4 is 10.0 Å². The molecule has 1 aliphatic heterocycles. The molecule has 2 aromatic rings. The molecular formula is C19H24N4O4S. The number of nitrogens with one attached hydrogen (secondary N) is 2. The zero-order valence-corrected chi connectivity index (χ0v) is 16.7. The van der Waals surface area contributed by atoms with Gasteiger partial charge in [0.2, 0.25) is 15.9 Å². The highest BCUT2D eigenvalue weighted by molar-refractivity contribution is 7.89. The summed E-state index contributed by atoms with van der Waals surface area (Å²) in [6.45, 7) is 1.05. The smallest absolute Gasteiger partial charge is 0.268 e. The number of likely N-dealkylation sites (tertiary alicyclic amines) is 1. The van der Waals surface area contributed by atoms with Gasteiger partial charge in [0.15, 0.2) is 0 Å². The number of carbonyl (C=O) groups excluding carboxylic acids is 2. The first kappa shape index (κ1) is 20.1. The first-order valence-corrected chi connectivity index (χ1v) is 10.5. The van der Waals surface area contributed by atoms with Gasteiger partial charge in [-0.05, 0) is 25.1 Å². The molecule has 0 saturated carbocycles. The fourth-order valence-corrected chi connectivity index (χ4v) is 4.09. The van der Waals surface area contributed by atoms with E-state index in [2.05, 4.69) is 10.0 Å². The average molecular weight is 404 g/mol. The largest absolute Gasteiger partial charge is 0.345 e. The molecule has 0 bridgehead atoms. The molecule has 8 nitrogen and oxygen atoms in total. The number of sulfonamides is 1. The van der Waals surface area contributed by atoms with Crippen LogP contribution in [0.4, 0.5) is 0 Å². The van der Waals surface area contributed by atoms with Crippen molar-refractivity contribution in [2.75, 3.05) is 20.1 Å². The SMILES string of the molecule is CNS(=O)(=O)c1cc(C(=O)NC(CN2CCCC2=O)c2ccccc2)n(C)c1. The van der Waals surface area contributed by atoms with E-state index in [9.17, 15) is 18.0 Å². The van der Waals surface area contributed by atoms with E-state index in [4.69, 9.17) is 0 Å². The van der Waals surface area contributed by atoms with Crippen molar-refractivity contribution < 1.29 is 18.0 Å². The normalized spacial score (nSPS) is 15.6. The van der Waals surface area contributed by atoms with Gasteiger partial charge in [-0.3, -0.25) is 9.59 Å². The highest BCUT2D eigenvalue weighted by Gasteiger charge is 2.27. The Balaban J connectivity index is 1.84. The number of amides is 2. The lowest BCUT2D eigenvalue weighted by Crippen LogP contribution is -2.39. The Labute approximate surface area is 164 Å². The number of carbonyl (C=O) groups is 2. The minimum atomic E-state index is -3.64. The number of aromatic nitrogens is 1. The Morgan fingerprint density at radius 3 is 2.57 bits per heavy atom. The summed E-state index contributed by atoms with van der Waals surface area (Å²) in [5.41, 5.74) is 1.11. The number of hydrogen-bond acceptors (Lipinski definition) is 4. The Kier molecular flexibility index (Phi) is 5.85. The summed E-state index contributed by atoms with van der Waals surface area (Å²) >= 11 is 0. The van der Waals surface area contributed by atoms with Crippen LogP contribution in [0.2, 0.25) is 0 Å². The van der Waals surface area contributed by atoms with E-state index in [0.29, 0.717) is 19.5 Å². The highest BCUT2D eigenvalue weighted by atomic mass is 32.2. The molecule has 1 atom stereocenters. The van der Waals surface area contributed by atoms with E-state index >= 15 is 0 Å². The zero-order chi connectivity index (χ0) is 20.3. The molecule has 1 unspecified atom stereocenters. The second kappa shape index (κ2) is 8.15. The third-order valence-corrected chi connectivity index (χ3v) is 6.25. The fraction of sp³-hybridized carbons (Fsp3) is 0.368. The number of aryl methyl sites for hydroxylation is 1. The van der Waals surface area contributed by atoms with Crippen LogP contribution in [0.15, 0.2) is 47.5 Å². The summed E-state index contributed by atoms with van der Waals surface area (Å²) in [5, 5.41) is 2.95. The maximum Gasteiger partial charge on any atom is 0.268 e. The lowest BCUT2D eigenvalue weighted by Gasteiger charge is -2.25. The molecule has 1 aromatic carbocycles. The van der Waals surface area contributed by atoms with Gasteiger partial charge < -0.3 is 14.8 Å². The molecule has 1 aliphatic rings. The van der Waals surface area contributed by atoms with Gasteiger partial charge in [-0.1, -0.05) is 30.3 Å². The van der Waals surface area contributed by atoms with Crippen LogP contribution in [0.1, 0.15) is 34.9 Å². The van der Waals surface area contributed by atoms with Gasteiger partial charge in [-0.25, -0.2) is 13.1 Å². The molecule has 2 N–H and O–H groups in total. The number of benzene rings is 1. The lowest BCUT2D eigenvalue weighted by atomic mass is 10.1. The maximum absolute atomic E-state index is 12.9. The van der Waals surface area contributed by atoms with Crippen LogP contribution in [-0.2, 0) is 21.9 Å². The van der Waals surface area contributed by atoms with Gasteiger partial charge in [0.1, 0.15) is 10.6 Å². The zero-order valence-electron chi connectivity index (χ0n) is 15.9. The fourth-order valence-electron chi connectivity index (χ4n) is 3.29. The van der Waals surface area contributed by atoms with E-state index in [0.717, 1.165) is 12.0 Å². The molecule has 2 heterocycles. The summed E-state index contributed by atoms with van der Waals surface area (Å²) in [6, 6.07) is 10.4. The van der Waals surface area contributed by atoms with Crippen molar-refractivity contribution in [3.8, 4) is 0 Å². The molecule has 3 rings (SSSR count).